The Bertz CT molecular complexity index is 271. The highest BCUT2D eigenvalue weighted by Gasteiger charge is 2.01. The molecule has 0 radical (unpaired) electrons. The van der Waals surface area contributed by atoms with Gasteiger partial charge in [-0.05, 0) is 18.4 Å². The van der Waals surface area contributed by atoms with Gasteiger partial charge in [0.05, 0.1) is 0 Å². The molecular formula is C12H14O. The van der Waals surface area contributed by atoms with Crippen molar-refractivity contribution in [3.63, 3.8) is 0 Å². The highest BCUT2D eigenvalue weighted by molar-refractivity contribution is 5.15. The van der Waals surface area contributed by atoms with Crippen molar-refractivity contribution in [2.24, 2.45) is 0 Å². The Balaban J connectivity index is 2.40. The van der Waals surface area contributed by atoms with Gasteiger partial charge in [0, 0.05) is 7.11 Å². The van der Waals surface area contributed by atoms with Crippen LogP contribution in [0.15, 0.2) is 30.3 Å². The fourth-order valence-corrected chi connectivity index (χ4v) is 1.21. The molecule has 1 rings (SSSR count). The van der Waals surface area contributed by atoms with Crippen LogP contribution in [-0.4, -0.2) is 13.2 Å². The van der Waals surface area contributed by atoms with Gasteiger partial charge in [0.25, 0.3) is 0 Å². The van der Waals surface area contributed by atoms with Gasteiger partial charge in [0.15, 0.2) is 0 Å². The minimum absolute atomic E-state index is 0.0554. The van der Waals surface area contributed by atoms with E-state index < -0.39 is 0 Å². The van der Waals surface area contributed by atoms with Crippen LogP contribution in [0.5, 0.6) is 0 Å². The molecule has 1 nitrogen and oxygen atoms in total. The lowest BCUT2D eigenvalue weighted by Crippen LogP contribution is -2.08. The van der Waals surface area contributed by atoms with E-state index in [0.29, 0.717) is 0 Å². The van der Waals surface area contributed by atoms with Crippen molar-refractivity contribution in [1.82, 2.24) is 0 Å². The van der Waals surface area contributed by atoms with Crippen LogP contribution in [0, 0.1) is 12.3 Å². The molecule has 0 fully saturated rings. The summed E-state index contributed by atoms with van der Waals surface area (Å²) < 4.78 is 5.09. The predicted octanol–water partition coefficient (Wildman–Crippen LogP) is 2.27. The molecule has 1 aromatic rings. The number of hydrogen-bond acceptors (Lipinski definition) is 1. The van der Waals surface area contributed by atoms with E-state index in [9.17, 15) is 0 Å². The average Bonchev–Trinajstić information content (AvgIpc) is 2.21. The summed E-state index contributed by atoms with van der Waals surface area (Å²) in [6.45, 7) is 0. The lowest BCUT2D eigenvalue weighted by atomic mass is 10.1. The Labute approximate surface area is 79.7 Å². The van der Waals surface area contributed by atoms with Gasteiger partial charge in [0.2, 0.25) is 0 Å². The molecule has 0 saturated heterocycles. The van der Waals surface area contributed by atoms with E-state index in [2.05, 4.69) is 18.1 Å². The van der Waals surface area contributed by atoms with Crippen LogP contribution in [0.2, 0.25) is 0 Å². The first-order valence-corrected chi connectivity index (χ1v) is 4.39. The molecule has 0 aliphatic heterocycles. The first-order valence-electron chi connectivity index (χ1n) is 4.39. The second kappa shape index (κ2) is 5.40. The van der Waals surface area contributed by atoms with Gasteiger partial charge in [-0.1, -0.05) is 36.3 Å². The van der Waals surface area contributed by atoms with Crippen molar-refractivity contribution in [2.45, 2.75) is 18.9 Å². The zero-order valence-corrected chi connectivity index (χ0v) is 7.86. The number of hydrogen-bond donors (Lipinski definition) is 0. The quantitative estimate of drug-likeness (QED) is 0.636. The molecule has 1 atom stereocenters. The van der Waals surface area contributed by atoms with Crippen molar-refractivity contribution in [3.8, 4) is 12.3 Å². The molecule has 0 amide bonds. The summed E-state index contributed by atoms with van der Waals surface area (Å²) in [4.78, 5) is 0. The normalized spacial score (nSPS) is 12.0. The Kier molecular flexibility index (Phi) is 4.08. The molecule has 0 N–H and O–H groups in total. The Morgan fingerprint density at radius 3 is 2.62 bits per heavy atom. The van der Waals surface area contributed by atoms with Crippen molar-refractivity contribution in [2.75, 3.05) is 7.11 Å². The van der Waals surface area contributed by atoms with Gasteiger partial charge in [-0.3, -0.25) is 0 Å². The molecule has 0 aromatic heterocycles. The summed E-state index contributed by atoms with van der Waals surface area (Å²) >= 11 is 0. The van der Waals surface area contributed by atoms with Gasteiger partial charge in [-0.25, -0.2) is 0 Å². The molecule has 0 aliphatic carbocycles. The second-order valence-corrected chi connectivity index (χ2v) is 2.92. The summed E-state index contributed by atoms with van der Waals surface area (Å²) in [5.41, 5.74) is 1.31. The van der Waals surface area contributed by atoms with Crippen molar-refractivity contribution in [3.05, 3.63) is 35.9 Å². The minimum Gasteiger partial charge on any atom is -0.369 e. The summed E-state index contributed by atoms with van der Waals surface area (Å²) in [6, 6.07) is 10.3. The van der Waals surface area contributed by atoms with Gasteiger partial charge >= 0.3 is 0 Å². The third kappa shape index (κ3) is 3.31. The standard InChI is InChI=1S/C12H14O/c1-3-12(13-2)10-9-11-7-5-4-6-8-11/h1,4-8,12H,9-10H2,2H3/t12-/m1/s1. The van der Waals surface area contributed by atoms with Crippen LogP contribution in [0.1, 0.15) is 12.0 Å². The van der Waals surface area contributed by atoms with E-state index in [0.717, 1.165) is 12.8 Å². The van der Waals surface area contributed by atoms with Crippen LogP contribution < -0.4 is 0 Å². The molecular weight excluding hydrogens is 160 g/mol. The lowest BCUT2D eigenvalue weighted by molar-refractivity contribution is 0.141. The van der Waals surface area contributed by atoms with Crippen LogP contribution >= 0.6 is 0 Å². The SMILES string of the molecule is C#C[C@H](CCc1ccccc1)OC. The van der Waals surface area contributed by atoms with E-state index in [-0.39, 0.29) is 6.10 Å². The van der Waals surface area contributed by atoms with Crippen LogP contribution in [0.3, 0.4) is 0 Å². The molecule has 0 unspecified atom stereocenters. The summed E-state index contributed by atoms with van der Waals surface area (Å²) in [7, 11) is 1.65. The van der Waals surface area contributed by atoms with Crippen molar-refractivity contribution in [1.29, 1.82) is 0 Å². The maximum Gasteiger partial charge on any atom is 0.117 e. The summed E-state index contributed by atoms with van der Waals surface area (Å²) in [6.07, 6.45) is 7.08. The van der Waals surface area contributed by atoms with E-state index in [1.807, 2.05) is 18.2 Å². The minimum atomic E-state index is -0.0554. The molecule has 0 spiro atoms. The van der Waals surface area contributed by atoms with Crippen molar-refractivity contribution >= 4 is 0 Å². The fraction of sp³-hybridized carbons (Fsp3) is 0.333. The van der Waals surface area contributed by atoms with E-state index in [1.165, 1.54) is 5.56 Å². The molecule has 68 valence electrons. The maximum atomic E-state index is 5.27. The number of ether oxygens (including phenoxy) is 1. The molecule has 0 bridgehead atoms. The predicted molar refractivity (Wildman–Crippen MR) is 54.4 cm³/mol. The first-order chi connectivity index (χ1) is 6.36. The molecule has 0 aliphatic rings. The third-order valence-electron chi connectivity index (χ3n) is 2.01. The van der Waals surface area contributed by atoms with Gasteiger partial charge in [-0.15, -0.1) is 6.42 Å². The number of rotatable bonds is 4. The van der Waals surface area contributed by atoms with Crippen LogP contribution in [0.4, 0.5) is 0 Å². The largest absolute Gasteiger partial charge is 0.369 e. The number of methoxy groups -OCH3 is 1. The molecule has 1 aromatic carbocycles. The molecule has 13 heavy (non-hydrogen) atoms. The topological polar surface area (TPSA) is 9.23 Å². The number of terminal acetylenes is 1. The van der Waals surface area contributed by atoms with Gasteiger partial charge < -0.3 is 4.74 Å². The van der Waals surface area contributed by atoms with Gasteiger partial charge in [0.1, 0.15) is 6.10 Å². The highest BCUT2D eigenvalue weighted by Crippen LogP contribution is 2.05. The first kappa shape index (κ1) is 9.83. The zero-order chi connectivity index (χ0) is 9.52. The third-order valence-corrected chi connectivity index (χ3v) is 2.01. The Hall–Kier alpha value is -1.26. The number of aryl methyl sites for hydroxylation is 1. The van der Waals surface area contributed by atoms with E-state index in [4.69, 9.17) is 11.2 Å². The zero-order valence-electron chi connectivity index (χ0n) is 7.86. The fourth-order valence-electron chi connectivity index (χ4n) is 1.21. The Morgan fingerprint density at radius 2 is 2.08 bits per heavy atom. The lowest BCUT2D eigenvalue weighted by Gasteiger charge is -2.07. The van der Waals surface area contributed by atoms with E-state index >= 15 is 0 Å². The summed E-state index contributed by atoms with van der Waals surface area (Å²) in [5.74, 6) is 2.60. The van der Waals surface area contributed by atoms with Crippen LogP contribution in [-0.2, 0) is 11.2 Å². The average molecular weight is 174 g/mol. The highest BCUT2D eigenvalue weighted by atomic mass is 16.5. The smallest absolute Gasteiger partial charge is 0.117 e. The maximum absolute atomic E-state index is 5.27. The van der Waals surface area contributed by atoms with E-state index in [1.54, 1.807) is 7.11 Å². The number of benzene rings is 1. The van der Waals surface area contributed by atoms with Gasteiger partial charge in [-0.2, -0.15) is 0 Å². The second-order valence-electron chi connectivity index (χ2n) is 2.92. The summed E-state index contributed by atoms with van der Waals surface area (Å²) in [5, 5.41) is 0. The Morgan fingerprint density at radius 1 is 1.38 bits per heavy atom. The van der Waals surface area contributed by atoms with Crippen molar-refractivity contribution < 1.29 is 4.74 Å². The molecule has 1 heteroatoms. The molecule has 0 heterocycles. The van der Waals surface area contributed by atoms with Crippen LogP contribution in [0.25, 0.3) is 0 Å². The molecule has 0 saturated carbocycles. The monoisotopic (exact) mass is 174 g/mol.